The summed E-state index contributed by atoms with van der Waals surface area (Å²) in [6.07, 6.45) is 3.65. The third kappa shape index (κ3) is 1.24. The summed E-state index contributed by atoms with van der Waals surface area (Å²) in [6, 6.07) is 4.41. The van der Waals surface area contributed by atoms with Crippen LogP contribution in [0.3, 0.4) is 0 Å². The highest BCUT2D eigenvalue weighted by atomic mass is 19.1. The first kappa shape index (κ1) is 9.46. The van der Waals surface area contributed by atoms with Gasteiger partial charge < -0.3 is 0 Å². The number of aldehydes is 1. The van der Waals surface area contributed by atoms with Crippen molar-refractivity contribution in [2.24, 2.45) is 0 Å². The highest BCUT2D eigenvalue weighted by Gasteiger charge is 2.19. The Morgan fingerprint density at radius 1 is 1.31 bits per heavy atom. The fourth-order valence-corrected chi connectivity index (χ4v) is 2.41. The second-order valence-corrected chi connectivity index (χ2v) is 4.08. The molecule has 0 saturated carbocycles. The number of rotatable bonds is 1. The van der Waals surface area contributed by atoms with E-state index in [1.165, 1.54) is 12.1 Å². The van der Waals surface area contributed by atoms with Gasteiger partial charge in [-0.05, 0) is 43.0 Å². The quantitative estimate of drug-likeness (QED) is 0.684. The fourth-order valence-electron chi connectivity index (χ4n) is 2.41. The Bertz CT molecular complexity index is 592. The van der Waals surface area contributed by atoms with Crippen LogP contribution in [0.1, 0.15) is 28.0 Å². The van der Waals surface area contributed by atoms with Crippen LogP contribution in [0.5, 0.6) is 0 Å². The second-order valence-electron chi connectivity index (χ2n) is 4.08. The lowest BCUT2D eigenvalue weighted by Gasteiger charge is -2.07. The lowest BCUT2D eigenvalue weighted by molar-refractivity contribution is 0.112. The number of nitrogens with zero attached hydrogens (tertiary/aromatic N) is 1. The minimum atomic E-state index is -0.324. The highest BCUT2D eigenvalue weighted by Crippen LogP contribution is 2.29. The summed E-state index contributed by atoms with van der Waals surface area (Å²) in [4.78, 5) is 15.6. The van der Waals surface area contributed by atoms with Crippen molar-refractivity contribution < 1.29 is 9.18 Å². The predicted octanol–water partition coefficient (Wildman–Crippen LogP) is 2.68. The van der Waals surface area contributed by atoms with Gasteiger partial charge in [0.25, 0.3) is 0 Å². The van der Waals surface area contributed by atoms with Crippen molar-refractivity contribution in [1.82, 2.24) is 4.98 Å². The van der Waals surface area contributed by atoms with Crippen LogP contribution < -0.4 is 0 Å². The monoisotopic (exact) mass is 215 g/mol. The molecule has 1 aliphatic rings. The van der Waals surface area contributed by atoms with Crippen LogP contribution in [0.4, 0.5) is 4.39 Å². The molecule has 80 valence electrons. The summed E-state index contributed by atoms with van der Waals surface area (Å²) in [6.45, 7) is 0. The molecule has 1 aromatic carbocycles. The third-order valence-electron chi connectivity index (χ3n) is 3.14. The summed E-state index contributed by atoms with van der Waals surface area (Å²) in [7, 11) is 0. The van der Waals surface area contributed by atoms with Gasteiger partial charge in [0.2, 0.25) is 0 Å². The van der Waals surface area contributed by atoms with Crippen LogP contribution in [0.15, 0.2) is 18.2 Å². The largest absolute Gasteiger partial charge is 0.298 e. The third-order valence-corrected chi connectivity index (χ3v) is 3.14. The predicted molar refractivity (Wildman–Crippen MR) is 59.1 cm³/mol. The van der Waals surface area contributed by atoms with Gasteiger partial charge in [-0.15, -0.1) is 0 Å². The van der Waals surface area contributed by atoms with Gasteiger partial charge in [0.1, 0.15) is 5.82 Å². The van der Waals surface area contributed by atoms with Gasteiger partial charge in [-0.25, -0.2) is 4.39 Å². The molecule has 0 unspecified atom stereocenters. The SMILES string of the molecule is O=Cc1c2c(nc3ccc(F)cc13)CCC2. The van der Waals surface area contributed by atoms with Gasteiger partial charge in [0, 0.05) is 16.6 Å². The van der Waals surface area contributed by atoms with Crippen LogP contribution in [0, 0.1) is 5.82 Å². The van der Waals surface area contributed by atoms with Gasteiger partial charge in [-0.1, -0.05) is 0 Å². The molecule has 0 atom stereocenters. The Balaban J connectivity index is 2.44. The lowest BCUT2D eigenvalue weighted by atomic mass is 10.0. The van der Waals surface area contributed by atoms with Gasteiger partial charge in [-0.2, -0.15) is 0 Å². The zero-order valence-corrected chi connectivity index (χ0v) is 8.66. The maximum atomic E-state index is 13.2. The Labute approximate surface area is 92.1 Å². The maximum Gasteiger partial charge on any atom is 0.151 e. The van der Waals surface area contributed by atoms with Crippen LogP contribution in [-0.2, 0) is 12.8 Å². The van der Waals surface area contributed by atoms with Gasteiger partial charge in [-0.3, -0.25) is 9.78 Å². The van der Waals surface area contributed by atoms with Crippen molar-refractivity contribution in [3.63, 3.8) is 0 Å². The molecular formula is C13H10FNO. The molecule has 0 fully saturated rings. The minimum Gasteiger partial charge on any atom is -0.298 e. The molecule has 1 heterocycles. The van der Waals surface area contributed by atoms with Crippen molar-refractivity contribution in [2.75, 3.05) is 0 Å². The number of benzene rings is 1. The lowest BCUT2D eigenvalue weighted by Crippen LogP contribution is -1.98. The van der Waals surface area contributed by atoms with Crippen molar-refractivity contribution in [3.8, 4) is 0 Å². The first-order valence-electron chi connectivity index (χ1n) is 5.36. The molecule has 0 N–H and O–H groups in total. The van der Waals surface area contributed by atoms with E-state index in [1.807, 2.05) is 0 Å². The summed E-state index contributed by atoms with van der Waals surface area (Å²) in [5.41, 5.74) is 3.34. The standard InChI is InChI=1S/C13H10FNO/c14-8-4-5-13-10(6-8)11(7-16)9-2-1-3-12(9)15-13/h4-7H,1-3H2. The normalized spacial score (nSPS) is 14.1. The molecule has 16 heavy (non-hydrogen) atoms. The molecule has 1 aromatic heterocycles. The molecule has 2 nitrogen and oxygen atoms in total. The molecule has 0 radical (unpaired) electrons. The van der Waals surface area contributed by atoms with E-state index < -0.39 is 0 Å². The number of aryl methyl sites for hydroxylation is 1. The van der Waals surface area contributed by atoms with Crippen LogP contribution in [0.25, 0.3) is 10.9 Å². The number of carbonyl (C=O) groups is 1. The average molecular weight is 215 g/mol. The van der Waals surface area contributed by atoms with Crippen molar-refractivity contribution >= 4 is 17.2 Å². The van der Waals surface area contributed by atoms with E-state index in [1.54, 1.807) is 6.07 Å². The van der Waals surface area contributed by atoms with Crippen LogP contribution in [0.2, 0.25) is 0 Å². The molecule has 1 aliphatic carbocycles. The van der Waals surface area contributed by atoms with Crippen molar-refractivity contribution in [1.29, 1.82) is 0 Å². The van der Waals surface area contributed by atoms with Crippen molar-refractivity contribution in [3.05, 3.63) is 40.8 Å². The Morgan fingerprint density at radius 3 is 3.00 bits per heavy atom. The van der Waals surface area contributed by atoms with Gasteiger partial charge in [0.05, 0.1) is 5.52 Å². The molecule has 0 bridgehead atoms. The maximum absolute atomic E-state index is 13.2. The minimum absolute atomic E-state index is 0.324. The molecule has 2 aromatic rings. The fraction of sp³-hybridized carbons (Fsp3) is 0.231. The smallest absolute Gasteiger partial charge is 0.151 e. The molecule has 3 rings (SSSR count). The number of carbonyl (C=O) groups excluding carboxylic acids is 1. The average Bonchev–Trinajstić information content (AvgIpc) is 2.73. The number of fused-ring (bicyclic) bond motifs is 2. The molecule has 0 amide bonds. The molecular weight excluding hydrogens is 205 g/mol. The zero-order chi connectivity index (χ0) is 11.1. The van der Waals surface area contributed by atoms with Gasteiger partial charge in [0.15, 0.2) is 6.29 Å². The van der Waals surface area contributed by atoms with E-state index in [0.29, 0.717) is 16.5 Å². The van der Waals surface area contributed by atoms with E-state index in [-0.39, 0.29) is 5.82 Å². The van der Waals surface area contributed by atoms with Crippen LogP contribution in [-0.4, -0.2) is 11.3 Å². The van der Waals surface area contributed by atoms with Crippen molar-refractivity contribution in [2.45, 2.75) is 19.3 Å². The number of hydrogen-bond donors (Lipinski definition) is 0. The number of aromatic nitrogens is 1. The Kier molecular flexibility index (Phi) is 1.99. The molecule has 3 heteroatoms. The summed E-state index contributed by atoms with van der Waals surface area (Å²) in [5.74, 6) is -0.324. The molecule has 0 aliphatic heterocycles. The summed E-state index contributed by atoms with van der Waals surface area (Å²) < 4.78 is 13.2. The van der Waals surface area contributed by atoms with E-state index in [2.05, 4.69) is 4.98 Å². The molecule has 0 saturated heterocycles. The first-order chi connectivity index (χ1) is 7.79. The van der Waals surface area contributed by atoms with E-state index in [4.69, 9.17) is 0 Å². The number of hydrogen-bond acceptors (Lipinski definition) is 2. The van der Waals surface area contributed by atoms with Gasteiger partial charge >= 0.3 is 0 Å². The van der Waals surface area contributed by atoms with E-state index in [0.717, 1.165) is 36.8 Å². The summed E-state index contributed by atoms with van der Waals surface area (Å²) >= 11 is 0. The Morgan fingerprint density at radius 2 is 2.19 bits per heavy atom. The molecule has 0 spiro atoms. The highest BCUT2D eigenvalue weighted by molar-refractivity contribution is 5.98. The van der Waals surface area contributed by atoms with E-state index in [9.17, 15) is 9.18 Å². The topological polar surface area (TPSA) is 30.0 Å². The second kappa shape index (κ2) is 3.37. The summed E-state index contributed by atoms with van der Waals surface area (Å²) in [5, 5.41) is 0.635. The number of halogens is 1. The Hall–Kier alpha value is -1.77. The van der Waals surface area contributed by atoms with Crippen LogP contribution >= 0.6 is 0 Å². The number of pyridine rings is 1. The first-order valence-corrected chi connectivity index (χ1v) is 5.36. The zero-order valence-electron chi connectivity index (χ0n) is 8.66. The van der Waals surface area contributed by atoms with E-state index >= 15 is 0 Å².